The van der Waals surface area contributed by atoms with Crippen molar-refractivity contribution in [1.29, 1.82) is 0 Å². The minimum Gasteiger partial charge on any atom is -0.435 e. The molecule has 0 unspecified atom stereocenters. The first kappa shape index (κ1) is 23.0. The van der Waals surface area contributed by atoms with E-state index in [1.54, 1.807) is 0 Å². The summed E-state index contributed by atoms with van der Waals surface area (Å²) in [6, 6.07) is 28.0. The van der Waals surface area contributed by atoms with Crippen molar-refractivity contribution in [2.24, 2.45) is 0 Å². The zero-order chi connectivity index (χ0) is 24.0. The Bertz CT molecular complexity index is 1250. The summed E-state index contributed by atoms with van der Waals surface area (Å²) in [5.41, 5.74) is 4.24. The van der Waals surface area contributed by atoms with Crippen molar-refractivity contribution in [3.8, 4) is 33.9 Å². The molecule has 1 aliphatic rings. The number of nitrogens with one attached hydrogen (secondary N) is 1. The lowest BCUT2D eigenvalue weighted by Crippen LogP contribution is -2.46. The normalized spacial score (nSPS) is 14.7. The second kappa shape index (κ2) is 10.7. The van der Waals surface area contributed by atoms with E-state index in [-0.39, 0.29) is 5.91 Å². The van der Waals surface area contributed by atoms with Crippen molar-refractivity contribution in [2.45, 2.75) is 0 Å². The summed E-state index contributed by atoms with van der Waals surface area (Å²) in [5.74, 6) is 0.714. The summed E-state index contributed by atoms with van der Waals surface area (Å²) in [6.07, 6.45) is 0. The molecule has 1 aromatic heterocycles. The predicted molar refractivity (Wildman–Crippen MR) is 139 cm³/mol. The molecule has 1 fully saturated rings. The van der Waals surface area contributed by atoms with Gasteiger partial charge in [-0.3, -0.25) is 9.69 Å². The molecule has 35 heavy (non-hydrogen) atoms. The quantitative estimate of drug-likeness (QED) is 0.430. The first-order valence-corrected chi connectivity index (χ1v) is 12.1. The lowest BCUT2D eigenvalue weighted by Gasteiger charge is -2.32. The summed E-state index contributed by atoms with van der Waals surface area (Å²) in [6.45, 7) is 5.56. The van der Waals surface area contributed by atoms with Crippen LogP contribution in [0.4, 0.5) is 0 Å². The largest absolute Gasteiger partial charge is 0.435 e. The lowest BCUT2D eigenvalue weighted by atomic mass is 10.0. The van der Waals surface area contributed by atoms with Crippen molar-refractivity contribution in [3.05, 3.63) is 90.6 Å². The van der Waals surface area contributed by atoms with Gasteiger partial charge in [-0.25, -0.2) is 4.98 Å². The molecular formula is C29H30N4O2. The van der Waals surface area contributed by atoms with Gasteiger partial charge in [0, 0.05) is 50.4 Å². The number of benzene rings is 3. The molecule has 0 atom stereocenters. The summed E-state index contributed by atoms with van der Waals surface area (Å²) in [5, 5.41) is 3.05. The molecule has 0 bridgehead atoms. The van der Waals surface area contributed by atoms with Gasteiger partial charge in [-0.05, 0) is 30.3 Å². The minimum atomic E-state index is -0.214. The van der Waals surface area contributed by atoms with Gasteiger partial charge in [-0.1, -0.05) is 72.8 Å². The number of nitrogens with zero attached hydrogens (tertiary/aromatic N) is 3. The minimum absolute atomic E-state index is 0.214. The van der Waals surface area contributed by atoms with Crippen LogP contribution in [0, 0.1) is 0 Å². The van der Waals surface area contributed by atoms with Gasteiger partial charge in [-0.2, -0.15) is 0 Å². The Hall–Kier alpha value is -3.74. The average molecular weight is 467 g/mol. The Balaban J connectivity index is 1.35. The molecule has 1 saturated heterocycles. The van der Waals surface area contributed by atoms with E-state index in [4.69, 9.17) is 4.42 Å². The van der Waals surface area contributed by atoms with E-state index in [2.05, 4.69) is 39.3 Å². The van der Waals surface area contributed by atoms with E-state index in [0.29, 0.717) is 23.9 Å². The molecule has 1 amide bonds. The van der Waals surface area contributed by atoms with E-state index in [1.807, 2.05) is 72.8 Å². The lowest BCUT2D eigenvalue weighted by molar-refractivity contribution is 0.0937. The van der Waals surface area contributed by atoms with Crippen molar-refractivity contribution in [1.82, 2.24) is 20.1 Å². The third kappa shape index (κ3) is 5.50. The Morgan fingerprint density at radius 1 is 0.800 bits per heavy atom. The average Bonchev–Trinajstić information content (AvgIpc) is 3.37. The number of rotatable bonds is 7. The molecule has 6 heteroatoms. The molecule has 0 saturated carbocycles. The van der Waals surface area contributed by atoms with Gasteiger partial charge in [0.2, 0.25) is 5.89 Å². The maximum absolute atomic E-state index is 13.2. The third-order valence-electron chi connectivity index (χ3n) is 6.43. The molecule has 2 heterocycles. The van der Waals surface area contributed by atoms with Crippen LogP contribution in [-0.4, -0.2) is 67.0 Å². The molecule has 0 aliphatic carbocycles. The van der Waals surface area contributed by atoms with E-state index in [9.17, 15) is 4.79 Å². The van der Waals surface area contributed by atoms with Crippen LogP contribution in [-0.2, 0) is 0 Å². The number of likely N-dealkylation sites (N-methyl/N-ethyl adjacent to an activating group) is 1. The highest BCUT2D eigenvalue weighted by Gasteiger charge is 2.22. The van der Waals surface area contributed by atoms with E-state index >= 15 is 0 Å². The van der Waals surface area contributed by atoms with Crippen molar-refractivity contribution in [2.75, 3.05) is 46.3 Å². The molecular weight excluding hydrogens is 436 g/mol. The van der Waals surface area contributed by atoms with Crippen LogP contribution in [0.3, 0.4) is 0 Å². The smallest absolute Gasteiger partial charge is 0.273 e. The van der Waals surface area contributed by atoms with Crippen molar-refractivity contribution in [3.63, 3.8) is 0 Å². The first-order chi connectivity index (χ1) is 17.2. The van der Waals surface area contributed by atoms with Crippen LogP contribution in [0.1, 0.15) is 10.5 Å². The fourth-order valence-corrected chi connectivity index (χ4v) is 4.30. The molecule has 5 rings (SSSR count). The van der Waals surface area contributed by atoms with Gasteiger partial charge in [-0.15, -0.1) is 0 Å². The zero-order valence-corrected chi connectivity index (χ0v) is 20.0. The first-order valence-electron chi connectivity index (χ1n) is 12.1. The second-order valence-electron chi connectivity index (χ2n) is 8.91. The Morgan fingerprint density at radius 3 is 2.03 bits per heavy atom. The number of carbonyl (C=O) groups is 1. The standard InChI is InChI=1S/C29H30N4O2/c1-32-18-20-33(21-19-32)17-16-30-28(34)26-27(24-10-6-3-7-11-24)35-29(31-26)25-14-12-23(13-15-25)22-8-4-2-5-9-22/h2-15H,16-21H2,1H3,(H,30,34). The third-order valence-corrected chi connectivity index (χ3v) is 6.43. The van der Waals surface area contributed by atoms with Crippen molar-refractivity contribution >= 4 is 5.91 Å². The SMILES string of the molecule is CN1CCN(CCNC(=O)c2nc(-c3ccc(-c4ccccc4)cc3)oc2-c2ccccc2)CC1. The fourth-order valence-electron chi connectivity index (χ4n) is 4.30. The number of amides is 1. The maximum Gasteiger partial charge on any atom is 0.273 e. The van der Waals surface area contributed by atoms with Crippen LogP contribution in [0.5, 0.6) is 0 Å². The molecule has 0 spiro atoms. The van der Waals surface area contributed by atoms with Crippen LogP contribution in [0.2, 0.25) is 0 Å². The molecule has 3 aromatic carbocycles. The summed E-state index contributed by atoms with van der Waals surface area (Å²) < 4.78 is 6.17. The van der Waals surface area contributed by atoms with Crippen LogP contribution >= 0.6 is 0 Å². The van der Waals surface area contributed by atoms with E-state index < -0.39 is 0 Å². The fraction of sp³-hybridized carbons (Fsp3) is 0.241. The van der Waals surface area contributed by atoms with Gasteiger partial charge < -0.3 is 14.6 Å². The van der Waals surface area contributed by atoms with Crippen LogP contribution in [0.25, 0.3) is 33.9 Å². The number of oxazole rings is 1. The number of aromatic nitrogens is 1. The van der Waals surface area contributed by atoms with Crippen molar-refractivity contribution < 1.29 is 9.21 Å². The predicted octanol–water partition coefficient (Wildman–Crippen LogP) is 4.65. The van der Waals surface area contributed by atoms with E-state index in [1.165, 1.54) is 0 Å². The molecule has 1 N–H and O–H groups in total. The summed E-state index contributed by atoms with van der Waals surface area (Å²) >= 11 is 0. The summed E-state index contributed by atoms with van der Waals surface area (Å²) in [7, 11) is 2.14. The van der Waals surface area contributed by atoms with E-state index in [0.717, 1.165) is 55.0 Å². The highest BCUT2D eigenvalue weighted by Crippen LogP contribution is 2.31. The number of piperazine rings is 1. The molecule has 6 nitrogen and oxygen atoms in total. The molecule has 1 aliphatic heterocycles. The summed E-state index contributed by atoms with van der Waals surface area (Å²) in [4.78, 5) is 22.5. The Morgan fingerprint density at radius 2 is 1.37 bits per heavy atom. The molecule has 178 valence electrons. The highest BCUT2D eigenvalue weighted by atomic mass is 16.4. The number of hydrogen-bond acceptors (Lipinski definition) is 5. The second-order valence-corrected chi connectivity index (χ2v) is 8.91. The maximum atomic E-state index is 13.2. The number of hydrogen-bond donors (Lipinski definition) is 1. The van der Waals surface area contributed by atoms with Gasteiger partial charge in [0.05, 0.1) is 0 Å². The van der Waals surface area contributed by atoms with Crippen LogP contribution < -0.4 is 5.32 Å². The van der Waals surface area contributed by atoms with Gasteiger partial charge in [0.1, 0.15) is 0 Å². The monoisotopic (exact) mass is 466 g/mol. The van der Waals surface area contributed by atoms with Gasteiger partial charge in [0.15, 0.2) is 11.5 Å². The van der Waals surface area contributed by atoms with Gasteiger partial charge >= 0.3 is 0 Å². The van der Waals surface area contributed by atoms with Crippen LogP contribution in [0.15, 0.2) is 89.3 Å². The number of carbonyl (C=O) groups excluding carboxylic acids is 1. The zero-order valence-electron chi connectivity index (χ0n) is 20.0. The Labute approximate surface area is 206 Å². The van der Waals surface area contributed by atoms with Gasteiger partial charge in [0.25, 0.3) is 5.91 Å². The topological polar surface area (TPSA) is 61.6 Å². The molecule has 4 aromatic rings. The Kier molecular flexibility index (Phi) is 7.02. The molecule has 0 radical (unpaired) electrons. The highest BCUT2D eigenvalue weighted by molar-refractivity contribution is 5.98.